The molecule has 17 nitrogen and oxygen atoms in total. The summed E-state index contributed by atoms with van der Waals surface area (Å²) >= 11 is 0. The van der Waals surface area contributed by atoms with Gasteiger partial charge in [0.15, 0.2) is 23.2 Å². The number of carboxylic acids is 2. The van der Waals surface area contributed by atoms with Crippen molar-refractivity contribution in [1.82, 2.24) is 31.6 Å². The number of Topliss-reactive ketones (excluding diaryl/α,β-unsaturated/α-hetero) is 1. The molecule has 0 bridgehead atoms. The Bertz CT molecular complexity index is 1990. The number of nitrogens with zero attached hydrogens (tertiary/aromatic N) is 1. The molecule has 0 aliphatic carbocycles. The number of aliphatic carboxylic acids is 2. The number of rotatable bonds is 20. The number of carbonyl (C=O) groups is 8. The Morgan fingerprint density at radius 3 is 1.77 bits per heavy atom. The molecule has 1 heterocycles. The van der Waals surface area contributed by atoms with Gasteiger partial charge in [-0.25, -0.2) is 13.8 Å². The quantitative estimate of drug-likeness (QED) is 0.0858. The molecule has 2 aromatic carbocycles. The van der Waals surface area contributed by atoms with E-state index >= 15 is 0 Å². The zero-order valence-electron chi connectivity index (χ0n) is 31.6. The smallest absolute Gasteiger partial charge is 0.305 e. The first-order valence-corrected chi connectivity index (χ1v) is 17.7. The minimum absolute atomic E-state index is 0.00938. The second-order valence-corrected chi connectivity index (χ2v) is 13.7. The molecule has 5 atom stereocenters. The third-order valence-corrected chi connectivity index (χ3v) is 8.44. The van der Waals surface area contributed by atoms with Crippen LogP contribution in [0.1, 0.15) is 57.9 Å². The maximum Gasteiger partial charge on any atom is 0.305 e. The average molecular weight is 799 g/mol. The zero-order chi connectivity index (χ0) is 42.6. The number of ketones is 1. The lowest BCUT2D eigenvalue weighted by molar-refractivity contribution is -0.142. The number of halogens is 2. The van der Waals surface area contributed by atoms with Crippen molar-refractivity contribution in [3.05, 3.63) is 71.9 Å². The molecule has 57 heavy (non-hydrogen) atoms. The molecular formula is C38H44F2N6O11. The molecule has 0 radical (unpaired) electrons. The maximum absolute atomic E-state index is 13.9. The molecule has 5 amide bonds. The van der Waals surface area contributed by atoms with E-state index in [-0.39, 0.29) is 5.69 Å². The second-order valence-electron chi connectivity index (χ2n) is 13.7. The van der Waals surface area contributed by atoms with Gasteiger partial charge in [0.25, 0.3) is 5.91 Å². The molecule has 0 fully saturated rings. The number of aromatic nitrogens is 1. The highest BCUT2D eigenvalue weighted by Gasteiger charge is 2.35. The zero-order valence-corrected chi connectivity index (χ0v) is 31.6. The number of nitrogens with one attached hydrogen (secondary N) is 5. The van der Waals surface area contributed by atoms with Crippen LogP contribution in [0, 0.1) is 23.5 Å². The lowest BCUT2D eigenvalue weighted by atomic mass is 10.0. The van der Waals surface area contributed by atoms with Gasteiger partial charge in [0.1, 0.15) is 42.5 Å². The van der Waals surface area contributed by atoms with Crippen LogP contribution in [-0.4, -0.2) is 99.3 Å². The average Bonchev–Trinajstić information content (AvgIpc) is 3.13. The standard InChI is InChI=1S/C38H44F2N6O11/c1-18(2)31(37(55)41-20(5)34(52)43-26(15-29(48)49)28(47)17-57-33-22(39)10-8-11-23(33)40)46-36(54)27(16-30(50)51)44-38(56)32(19(3)4)45-35(53)25-14-13-21-9-6-7-12-24(21)42-25/h6-14,18-20,26-27,31-32H,15-17H2,1-5H3,(H,41,55)(H,43,52)(H,44,56)(H,45,53)(H,46,54)(H,48,49)(H,50,51)/t20?,26-,27?,31-,32-/m0/s1. The summed E-state index contributed by atoms with van der Waals surface area (Å²) in [5.41, 5.74) is 0.544. The number of hydrogen-bond acceptors (Lipinski definition) is 10. The number of benzene rings is 2. The van der Waals surface area contributed by atoms with Crippen molar-refractivity contribution in [3.8, 4) is 5.75 Å². The summed E-state index contributed by atoms with van der Waals surface area (Å²) in [7, 11) is 0. The van der Waals surface area contributed by atoms with Crippen molar-refractivity contribution in [3.63, 3.8) is 0 Å². The molecular weight excluding hydrogens is 754 g/mol. The van der Waals surface area contributed by atoms with Gasteiger partial charge >= 0.3 is 11.9 Å². The molecule has 1 aromatic heterocycles. The monoisotopic (exact) mass is 798 g/mol. The van der Waals surface area contributed by atoms with Crippen molar-refractivity contribution in [2.75, 3.05) is 6.61 Å². The van der Waals surface area contributed by atoms with E-state index in [4.69, 9.17) is 4.74 Å². The lowest BCUT2D eigenvalue weighted by Gasteiger charge is -2.28. The molecule has 3 aromatic rings. The fourth-order valence-corrected chi connectivity index (χ4v) is 5.33. The van der Waals surface area contributed by atoms with Crippen molar-refractivity contribution >= 4 is 58.2 Å². The van der Waals surface area contributed by atoms with Crippen LogP contribution in [0.15, 0.2) is 54.6 Å². The van der Waals surface area contributed by atoms with E-state index in [9.17, 15) is 57.4 Å². The Labute approximate surface area is 325 Å². The maximum atomic E-state index is 13.9. The largest absolute Gasteiger partial charge is 0.481 e. The number of para-hydroxylation sites is 2. The van der Waals surface area contributed by atoms with E-state index in [1.807, 2.05) is 0 Å². The van der Waals surface area contributed by atoms with E-state index in [2.05, 4.69) is 31.6 Å². The van der Waals surface area contributed by atoms with Crippen LogP contribution in [0.25, 0.3) is 10.9 Å². The minimum Gasteiger partial charge on any atom is -0.481 e. The molecule has 2 unspecified atom stereocenters. The van der Waals surface area contributed by atoms with Crippen LogP contribution in [-0.2, 0) is 33.6 Å². The van der Waals surface area contributed by atoms with Crippen molar-refractivity contribution in [2.24, 2.45) is 11.8 Å². The van der Waals surface area contributed by atoms with Crippen LogP contribution in [0.5, 0.6) is 5.75 Å². The second kappa shape index (κ2) is 20.4. The van der Waals surface area contributed by atoms with Gasteiger partial charge in [0, 0.05) is 5.39 Å². The third-order valence-electron chi connectivity index (χ3n) is 8.44. The SMILES string of the molecule is CC(NC(=O)[C@@H](NC(=O)C(CC(=O)O)NC(=O)[C@@H](NC(=O)c1ccc2ccccc2n1)C(C)C)C(C)C)C(=O)N[C@@H](CC(=O)O)C(=O)COc1c(F)cccc1F. The minimum atomic E-state index is -1.74. The van der Waals surface area contributed by atoms with E-state index in [1.165, 1.54) is 26.8 Å². The Morgan fingerprint density at radius 2 is 1.18 bits per heavy atom. The molecule has 0 saturated carbocycles. The lowest BCUT2D eigenvalue weighted by Crippen LogP contribution is -2.60. The Hall–Kier alpha value is -6.53. The Morgan fingerprint density at radius 1 is 0.632 bits per heavy atom. The first-order valence-electron chi connectivity index (χ1n) is 17.7. The molecule has 7 N–H and O–H groups in total. The highest BCUT2D eigenvalue weighted by molar-refractivity contribution is 6.00. The summed E-state index contributed by atoms with van der Waals surface area (Å²) in [5.74, 6) is -13.1. The van der Waals surface area contributed by atoms with Gasteiger partial charge in [0.2, 0.25) is 23.6 Å². The van der Waals surface area contributed by atoms with Gasteiger partial charge in [-0.2, -0.15) is 0 Å². The van der Waals surface area contributed by atoms with Gasteiger partial charge in [-0.15, -0.1) is 0 Å². The summed E-state index contributed by atoms with van der Waals surface area (Å²) in [6.07, 6.45) is -1.86. The first kappa shape index (κ1) is 44.9. The number of amides is 5. The predicted molar refractivity (Wildman–Crippen MR) is 197 cm³/mol. The number of carbonyl (C=O) groups excluding carboxylic acids is 6. The summed E-state index contributed by atoms with van der Waals surface area (Å²) < 4.78 is 32.8. The van der Waals surface area contributed by atoms with Crippen LogP contribution in [0.3, 0.4) is 0 Å². The van der Waals surface area contributed by atoms with E-state index in [0.717, 1.165) is 23.6 Å². The summed E-state index contributed by atoms with van der Waals surface area (Å²) in [6, 6.07) is 5.41. The first-order chi connectivity index (χ1) is 26.8. The Balaban J connectivity index is 1.68. The molecule has 0 spiro atoms. The summed E-state index contributed by atoms with van der Waals surface area (Å²) in [4.78, 5) is 107. The highest BCUT2D eigenvalue weighted by Crippen LogP contribution is 2.21. The van der Waals surface area contributed by atoms with Gasteiger partial charge in [-0.1, -0.05) is 58.0 Å². The third kappa shape index (κ3) is 13.0. The number of carboxylic acid groups (broad SMARTS) is 2. The highest BCUT2D eigenvalue weighted by atomic mass is 19.1. The summed E-state index contributed by atoms with van der Waals surface area (Å²) in [5, 5.41) is 31.4. The molecule has 3 rings (SSSR count). The molecule has 0 aliphatic heterocycles. The fourth-order valence-electron chi connectivity index (χ4n) is 5.33. The molecule has 306 valence electrons. The fraction of sp³-hybridized carbons (Fsp3) is 0.395. The van der Waals surface area contributed by atoms with Crippen LogP contribution < -0.4 is 31.3 Å². The van der Waals surface area contributed by atoms with Crippen molar-refractivity contribution < 1.29 is 62.1 Å². The van der Waals surface area contributed by atoms with Crippen molar-refractivity contribution in [2.45, 2.75) is 77.7 Å². The normalized spacial score (nSPS) is 13.7. The number of ether oxygens (including phenoxy) is 1. The van der Waals surface area contributed by atoms with Crippen LogP contribution in [0.4, 0.5) is 8.78 Å². The molecule has 19 heteroatoms. The van der Waals surface area contributed by atoms with Gasteiger partial charge in [-0.3, -0.25) is 38.4 Å². The molecule has 0 saturated heterocycles. The predicted octanol–water partition coefficient (Wildman–Crippen LogP) is 1.48. The van der Waals surface area contributed by atoms with E-state index in [0.29, 0.717) is 5.52 Å². The molecule has 0 aliphatic rings. The van der Waals surface area contributed by atoms with E-state index in [1.54, 1.807) is 44.2 Å². The van der Waals surface area contributed by atoms with Gasteiger partial charge < -0.3 is 41.5 Å². The van der Waals surface area contributed by atoms with Crippen LogP contribution in [0.2, 0.25) is 0 Å². The Kier molecular flexibility index (Phi) is 16.1. The van der Waals surface area contributed by atoms with Crippen molar-refractivity contribution in [1.29, 1.82) is 0 Å². The topological polar surface area (TPSA) is 259 Å². The summed E-state index contributed by atoms with van der Waals surface area (Å²) in [6.45, 7) is 6.43. The van der Waals surface area contributed by atoms with Gasteiger partial charge in [0.05, 0.1) is 18.4 Å². The van der Waals surface area contributed by atoms with Crippen LogP contribution >= 0.6 is 0 Å². The van der Waals surface area contributed by atoms with Gasteiger partial charge in [-0.05, 0) is 43.0 Å². The number of pyridine rings is 1. The number of hydrogen-bond donors (Lipinski definition) is 7. The number of fused-ring (bicyclic) bond motifs is 1. The van der Waals surface area contributed by atoms with E-state index < -0.39 is 126 Å².